The number of aryl methyl sites for hydroxylation is 1. The van der Waals surface area contributed by atoms with Crippen molar-refractivity contribution in [3.05, 3.63) is 18.2 Å². The molecule has 0 fully saturated rings. The van der Waals surface area contributed by atoms with Gasteiger partial charge in [-0.05, 0) is 13.0 Å². The first-order valence-electron chi connectivity index (χ1n) is 3.60. The van der Waals surface area contributed by atoms with Gasteiger partial charge in [0.2, 0.25) is 0 Å². The van der Waals surface area contributed by atoms with E-state index in [4.69, 9.17) is 5.73 Å². The molecule has 3 N–H and O–H groups in total. The van der Waals surface area contributed by atoms with Crippen molar-refractivity contribution in [1.29, 1.82) is 0 Å². The highest BCUT2D eigenvalue weighted by molar-refractivity contribution is 5.00. The Bertz CT molecular complexity index is 221. The van der Waals surface area contributed by atoms with Gasteiger partial charge in [-0.1, -0.05) is 0 Å². The Balaban J connectivity index is 2.60. The molecule has 0 saturated carbocycles. The van der Waals surface area contributed by atoms with Crippen molar-refractivity contribution >= 4 is 0 Å². The lowest BCUT2D eigenvalue weighted by Gasteiger charge is -2.03. The lowest BCUT2D eigenvalue weighted by atomic mass is 10.2. The molecule has 1 aromatic heterocycles. The molecule has 0 aliphatic rings. The molecule has 1 heterocycles. The Morgan fingerprint density at radius 1 is 1.82 bits per heavy atom. The summed E-state index contributed by atoms with van der Waals surface area (Å²) >= 11 is 0. The van der Waals surface area contributed by atoms with Crippen LogP contribution in [0, 0.1) is 0 Å². The molecule has 1 atom stereocenters. The number of hydrogen-bond donors (Lipinski definition) is 2. The molecule has 0 bridgehead atoms. The van der Waals surface area contributed by atoms with E-state index in [1.165, 1.54) is 0 Å². The zero-order valence-corrected chi connectivity index (χ0v) is 6.57. The van der Waals surface area contributed by atoms with Gasteiger partial charge in [-0.3, -0.25) is 0 Å². The zero-order chi connectivity index (χ0) is 8.27. The molecule has 1 aromatic rings. The van der Waals surface area contributed by atoms with E-state index in [2.05, 4.69) is 4.98 Å². The van der Waals surface area contributed by atoms with Gasteiger partial charge in [0.1, 0.15) is 0 Å². The Morgan fingerprint density at radius 2 is 2.55 bits per heavy atom. The van der Waals surface area contributed by atoms with E-state index in [-0.39, 0.29) is 0 Å². The van der Waals surface area contributed by atoms with Crippen LogP contribution in [0.5, 0.6) is 0 Å². The van der Waals surface area contributed by atoms with Crippen LogP contribution < -0.4 is 5.73 Å². The molecular formula is C7H13N3O. The van der Waals surface area contributed by atoms with Gasteiger partial charge in [0.25, 0.3) is 0 Å². The standard InChI is InChI=1S/C7H13N3O/c1-10-4-6(9-5-10)7(11)2-3-8/h4-5,7,11H,2-3,8H2,1H3. The third kappa shape index (κ3) is 2.03. The van der Waals surface area contributed by atoms with Gasteiger partial charge < -0.3 is 15.4 Å². The van der Waals surface area contributed by atoms with E-state index in [1.54, 1.807) is 17.1 Å². The molecule has 0 saturated heterocycles. The minimum Gasteiger partial charge on any atom is -0.387 e. The fourth-order valence-corrected chi connectivity index (χ4v) is 0.911. The van der Waals surface area contributed by atoms with Crippen molar-refractivity contribution in [2.24, 2.45) is 12.8 Å². The van der Waals surface area contributed by atoms with Crippen molar-refractivity contribution in [2.75, 3.05) is 6.54 Å². The van der Waals surface area contributed by atoms with Gasteiger partial charge in [0, 0.05) is 13.2 Å². The number of nitrogens with zero attached hydrogens (tertiary/aromatic N) is 2. The number of rotatable bonds is 3. The highest BCUT2D eigenvalue weighted by Gasteiger charge is 2.07. The summed E-state index contributed by atoms with van der Waals surface area (Å²) in [6, 6.07) is 0. The second-order valence-corrected chi connectivity index (χ2v) is 2.56. The van der Waals surface area contributed by atoms with Crippen LogP contribution >= 0.6 is 0 Å². The number of nitrogens with two attached hydrogens (primary N) is 1. The Kier molecular flexibility index (Phi) is 2.62. The summed E-state index contributed by atoms with van der Waals surface area (Å²) in [5, 5.41) is 9.38. The molecule has 62 valence electrons. The lowest BCUT2D eigenvalue weighted by molar-refractivity contribution is 0.166. The number of aliphatic hydroxyl groups is 1. The zero-order valence-electron chi connectivity index (χ0n) is 6.57. The summed E-state index contributed by atoms with van der Waals surface area (Å²) in [7, 11) is 1.87. The maximum absolute atomic E-state index is 9.38. The van der Waals surface area contributed by atoms with Gasteiger partial charge in [-0.15, -0.1) is 0 Å². The molecule has 0 amide bonds. The molecule has 0 aliphatic heterocycles. The minimum atomic E-state index is -0.513. The van der Waals surface area contributed by atoms with Crippen molar-refractivity contribution in [3.63, 3.8) is 0 Å². The maximum Gasteiger partial charge on any atom is 0.0987 e. The molecule has 4 nitrogen and oxygen atoms in total. The topological polar surface area (TPSA) is 64.1 Å². The van der Waals surface area contributed by atoms with Gasteiger partial charge in [0.05, 0.1) is 18.1 Å². The number of aliphatic hydroxyl groups excluding tert-OH is 1. The molecular weight excluding hydrogens is 142 g/mol. The summed E-state index contributed by atoms with van der Waals surface area (Å²) in [6.07, 6.45) is 3.51. The van der Waals surface area contributed by atoms with Crippen LogP contribution in [-0.4, -0.2) is 21.2 Å². The average molecular weight is 155 g/mol. The first-order chi connectivity index (χ1) is 5.24. The van der Waals surface area contributed by atoms with E-state index in [0.29, 0.717) is 18.7 Å². The first-order valence-corrected chi connectivity index (χ1v) is 3.60. The molecule has 0 radical (unpaired) electrons. The smallest absolute Gasteiger partial charge is 0.0987 e. The quantitative estimate of drug-likeness (QED) is 0.635. The summed E-state index contributed by atoms with van der Waals surface area (Å²) in [4.78, 5) is 3.99. The molecule has 4 heteroatoms. The van der Waals surface area contributed by atoms with E-state index in [0.717, 1.165) is 0 Å². The molecule has 1 unspecified atom stereocenters. The molecule has 0 spiro atoms. The average Bonchev–Trinajstić information content (AvgIpc) is 2.36. The highest BCUT2D eigenvalue weighted by Crippen LogP contribution is 2.11. The number of aromatic nitrogens is 2. The maximum atomic E-state index is 9.38. The van der Waals surface area contributed by atoms with Crippen LogP contribution in [0.25, 0.3) is 0 Å². The monoisotopic (exact) mass is 155 g/mol. The summed E-state index contributed by atoms with van der Waals surface area (Å²) in [5.41, 5.74) is 5.97. The van der Waals surface area contributed by atoms with Crippen molar-refractivity contribution in [2.45, 2.75) is 12.5 Å². The molecule has 11 heavy (non-hydrogen) atoms. The van der Waals surface area contributed by atoms with Crippen LogP contribution in [-0.2, 0) is 7.05 Å². The van der Waals surface area contributed by atoms with E-state index in [1.807, 2.05) is 7.05 Å². The fraction of sp³-hybridized carbons (Fsp3) is 0.571. The van der Waals surface area contributed by atoms with E-state index >= 15 is 0 Å². The summed E-state index contributed by atoms with van der Waals surface area (Å²) in [6.45, 7) is 0.484. The van der Waals surface area contributed by atoms with Gasteiger partial charge in [-0.2, -0.15) is 0 Å². The van der Waals surface area contributed by atoms with Crippen molar-refractivity contribution in [3.8, 4) is 0 Å². The van der Waals surface area contributed by atoms with E-state index in [9.17, 15) is 5.11 Å². The Morgan fingerprint density at radius 3 is 3.00 bits per heavy atom. The highest BCUT2D eigenvalue weighted by atomic mass is 16.3. The first kappa shape index (κ1) is 8.23. The third-order valence-corrected chi connectivity index (χ3v) is 1.51. The largest absolute Gasteiger partial charge is 0.387 e. The second kappa shape index (κ2) is 3.50. The third-order valence-electron chi connectivity index (χ3n) is 1.51. The number of hydrogen-bond acceptors (Lipinski definition) is 3. The van der Waals surface area contributed by atoms with Gasteiger partial charge in [-0.25, -0.2) is 4.98 Å². The van der Waals surface area contributed by atoms with Crippen LogP contribution in [0.15, 0.2) is 12.5 Å². The predicted octanol–water partition coefficient (Wildman–Crippen LogP) is -0.198. The normalized spacial score (nSPS) is 13.4. The SMILES string of the molecule is Cn1cnc(C(O)CCN)c1. The van der Waals surface area contributed by atoms with Gasteiger partial charge >= 0.3 is 0 Å². The summed E-state index contributed by atoms with van der Waals surface area (Å²) < 4.78 is 1.80. The molecule has 0 aromatic carbocycles. The predicted molar refractivity (Wildman–Crippen MR) is 41.8 cm³/mol. The van der Waals surface area contributed by atoms with Crippen LogP contribution in [0.2, 0.25) is 0 Å². The van der Waals surface area contributed by atoms with Crippen molar-refractivity contribution < 1.29 is 5.11 Å². The van der Waals surface area contributed by atoms with Crippen LogP contribution in [0.3, 0.4) is 0 Å². The minimum absolute atomic E-state index is 0.484. The molecule has 1 rings (SSSR count). The lowest BCUT2D eigenvalue weighted by Crippen LogP contribution is -2.06. The Labute approximate surface area is 65.7 Å². The van der Waals surface area contributed by atoms with Gasteiger partial charge in [0.15, 0.2) is 0 Å². The van der Waals surface area contributed by atoms with Crippen molar-refractivity contribution in [1.82, 2.24) is 9.55 Å². The fourth-order valence-electron chi connectivity index (χ4n) is 0.911. The van der Waals surface area contributed by atoms with E-state index < -0.39 is 6.10 Å². The van der Waals surface area contributed by atoms with Crippen LogP contribution in [0.1, 0.15) is 18.2 Å². The number of imidazole rings is 1. The summed E-state index contributed by atoms with van der Waals surface area (Å²) in [5.74, 6) is 0. The second-order valence-electron chi connectivity index (χ2n) is 2.56. The molecule has 0 aliphatic carbocycles. The van der Waals surface area contributed by atoms with Crippen LogP contribution in [0.4, 0.5) is 0 Å². The Hall–Kier alpha value is -0.870.